The molecule has 2 heterocycles. The summed E-state index contributed by atoms with van der Waals surface area (Å²) < 4.78 is 6.51. The van der Waals surface area contributed by atoms with Gasteiger partial charge in [0.1, 0.15) is 18.1 Å². The molecular weight excluding hydrogens is 222 g/mol. The lowest BCUT2D eigenvalue weighted by Crippen LogP contribution is -2.30. The molecule has 3 N–H and O–H groups in total. The number of nitrogens with zero attached hydrogens (tertiary/aromatic N) is 3. The quantitative estimate of drug-likeness (QED) is 0.795. The number of nitrogens with two attached hydrogens (primary N) is 1. The molecule has 90 valence electrons. The van der Waals surface area contributed by atoms with Gasteiger partial charge in [-0.3, -0.25) is 4.79 Å². The molecule has 0 radical (unpaired) electrons. The SMILES string of the molecule is CC(C(=O)NCc1ccco1)n1cnc(N)n1. The lowest BCUT2D eigenvalue weighted by molar-refractivity contribution is -0.124. The Morgan fingerprint density at radius 3 is 3.12 bits per heavy atom. The van der Waals surface area contributed by atoms with Crippen molar-refractivity contribution in [3.05, 3.63) is 30.5 Å². The molecule has 17 heavy (non-hydrogen) atoms. The molecule has 0 spiro atoms. The van der Waals surface area contributed by atoms with Crippen LogP contribution in [0.1, 0.15) is 18.7 Å². The van der Waals surface area contributed by atoms with Crippen LogP contribution in [0.15, 0.2) is 29.1 Å². The van der Waals surface area contributed by atoms with Crippen molar-refractivity contribution < 1.29 is 9.21 Å². The van der Waals surface area contributed by atoms with Crippen LogP contribution in [0.2, 0.25) is 0 Å². The lowest BCUT2D eigenvalue weighted by atomic mass is 10.3. The van der Waals surface area contributed by atoms with E-state index in [0.717, 1.165) is 0 Å². The average Bonchev–Trinajstić information content (AvgIpc) is 2.95. The van der Waals surface area contributed by atoms with Crippen molar-refractivity contribution in [1.82, 2.24) is 20.1 Å². The van der Waals surface area contributed by atoms with Crippen LogP contribution in [0, 0.1) is 0 Å². The number of furan rings is 1. The van der Waals surface area contributed by atoms with E-state index in [1.54, 1.807) is 25.3 Å². The number of anilines is 1. The smallest absolute Gasteiger partial charge is 0.245 e. The zero-order valence-corrected chi connectivity index (χ0v) is 9.33. The predicted molar refractivity (Wildman–Crippen MR) is 59.7 cm³/mol. The Morgan fingerprint density at radius 1 is 1.71 bits per heavy atom. The molecule has 0 aliphatic rings. The molecule has 2 aromatic rings. The van der Waals surface area contributed by atoms with Gasteiger partial charge in [-0.2, -0.15) is 0 Å². The van der Waals surface area contributed by atoms with Gasteiger partial charge in [0.05, 0.1) is 12.8 Å². The van der Waals surface area contributed by atoms with Gasteiger partial charge < -0.3 is 15.5 Å². The normalized spacial score (nSPS) is 12.3. The van der Waals surface area contributed by atoms with Gasteiger partial charge in [0.2, 0.25) is 11.9 Å². The molecule has 0 saturated carbocycles. The van der Waals surface area contributed by atoms with Crippen molar-refractivity contribution >= 4 is 11.9 Å². The van der Waals surface area contributed by atoms with Gasteiger partial charge in [0.25, 0.3) is 0 Å². The number of nitrogen functional groups attached to an aromatic ring is 1. The van der Waals surface area contributed by atoms with Crippen molar-refractivity contribution in [2.24, 2.45) is 0 Å². The van der Waals surface area contributed by atoms with Crippen LogP contribution >= 0.6 is 0 Å². The Morgan fingerprint density at radius 2 is 2.53 bits per heavy atom. The molecule has 2 rings (SSSR count). The summed E-state index contributed by atoms with van der Waals surface area (Å²) in [6, 6.07) is 3.09. The summed E-state index contributed by atoms with van der Waals surface area (Å²) in [5, 5.41) is 6.61. The maximum atomic E-state index is 11.8. The maximum absolute atomic E-state index is 11.8. The van der Waals surface area contributed by atoms with Crippen LogP contribution < -0.4 is 11.1 Å². The van der Waals surface area contributed by atoms with Gasteiger partial charge in [-0.1, -0.05) is 0 Å². The zero-order valence-electron chi connectivity index (χ0n) is 9.33. The summed E-state index contributed by atoms with van der Waals surface area (Å²) in [4.78, 5) is 15.5. The van der Waals surface area contributed by atoms with Gasteiger partial charge >= 0.3 is 0 Å². The first-order valence-corrected chi connectivity index (χ1v) is 5.13. The standard InChI is InChI=1S/C10H13N5O2/c1-7(15-6-13-10(11)14-15)9(16)12-5-8-3-2-4-17-8/h2-4,6-7H,5H2,1H3,(H2,11,14)(H,12,16). The molecule has 0 aliphatic carbocycles. The van der Waals surface area contributed by atoms with Gasteiger partial charge in [-0.15, -0.1) is 5.10 Å². The fourth-order valence-corrected chi connectivity index (χ4v) is 1.33. The highest BCUT2D eigenvalue weighted by Crippen LogP contribution is 2.05. The minimum atomic E-state index is -0.463. The fourth-order valence-electron chi connectivity index (χ4n) is 1.33. The number of nitrogens with one attached hydrogen (secondary N) is 1. The number of hydrogen-bond donors (Lipinski definition) is 2. The van der Waals surface area contributed by atoms with E-state index in [9.17, 15) is 4.79 Å². The van der Waals surface area contributed by atoms with E-state index in [-0.39, 0.29) is 11.9 Å². The first kappa shape index (κ1) is 11.2. The molecule has 1 unspecified atom stereocenters. The molecule has 1 atom stereocenters. The summed E-state index contributed by atoms with van der Waals surface area (Å²) >= 11 is 0. The first-order valence-electron chi connectivity index (χ1n) is 5.13. The first-order chi connectivity index (χ1) is 8.16. The van der Waals surface area contributed by atoms with Gasteiger partial charge in [-0.25, -0.2) is 9.67 Å². The molecule has 7 heteroatoms. The van der Waals surface area contributed by atoms with Crippen LogP contribution in [0.25, 0.3) is 0 Å². The second kappa shape index (κ2) is 4.69. The van der Waals surface area contributed by atoms with Crippen molar-refractivity contribution in [2.45, 2.75) is 19.5 Å². The predicted octanol–water partition coefficient (Wildman–Crippen LogP) is 0.331. The fraction of sp³-hybridized carbons (Fsp3) is 0.300. The highest BCUT2D eigenvalue weighted by molar-refractivity contribution is 5.79. The molecule has 0 bridgehead atoms. The summed E-state index contributed by atoms with van der Waals surface area (Å²) in [5.74, 6) is 0.672. The Kier molecular flexibility index (Phi) is 3.08. The van der Waals surface area contributed by atoms with Crippen molar-refractivity contribution in [3.8, 4) is 0 Å². The lowest BCUT2D eigenvalue weighted by Gasteiger charge is -2.10. The van der Waals surface area contributed by atoms with E-state index in [2.05, 4.69) is 15.4 Å². The molecular formula is C10H13N5O2. The van der Waals surface area contributed by atoms with Crippen LogP contribution in [-0.2, 0) is 11.3 Å². The highest BCUT2D eigenvalue weighted by Gasteiger charge is 2.16. The van der Waals surface area contributed by atoms with Crippen LogP contribution in [0.3, 0.4) is 0 Å². The Bertz CT molecular complexity index is 491. The summed E-state index contributed by atoms with van der Waals surface area (Å²) in [5.41, 5.74) is 5.38. The van der Waals surface area contributed by atoms with E-state index in [4.69, 9.17) is 10.2 Å². The third-order valence-electron chi connectivity index (χ3n) is 2.32. The van der Waals surface area contributed by atoms with Crippen LogP contribution in [0.4, 0.5) is 5.95 Å². The number of aromatic nitrogens is 3. The van der Waals surface area contributed by atoms with E-state index < -0.39 is 6.04 Å². The van der Waals surface area contributed by atoms with Crippen molar-refractivity contribution in [3.63, 3.8) is 0 Å². The molecule has 0 fully saturated rings. The molecule has 2 aromatic heterocycles. The number of carbonyl (C=O) groups is 1. The second-order valence-corrected chi connectivity index (χ2v) is 3.56. The number of amides is 1. The van der Waals surface area contributed by atoms with E-state index in [0.29, 0.717) is 12.3 Å². The number of rotatable bonds is 4. The van der Waals surface area contributed by atoms with E-state index >= 15 is 0 Å². The monoisotopic (exact) mass is 235 g/mol. The van der Waals surface area contributed by atoms with E-state index in [1.807, 2.05) is 0 Å². The van der Waals surface area contributed by atoms with Crippen LogP contribution in [-0.4, -0.2) is 20.7 Å². The van der Waals surface area contributed by atoms with Crippen molar-refractivity contribution in [1.29, 1.82) is 0 Å². The number of hydrogen-bond acceptors (Lipinski definition) is 5. The summed E-state index contributed by atoms with van der Waals surface area (Å²) in [6.07, 6.45) is 2.98. The molecule has 0 aliphatic heterocycles. The Balaban J connectivity index is 1.91. The molecule has 0 saturated heterocycles. The van der Waals surface area contributed by atoms with Crippen LogP contribution in [0.5, 0.6) is 0 Å². The number of carbonyl (C=O) groups excluding carboxylic acids is 1. The third-order valence-corrected chi connectivity index (χ3v) is 2.32. The third kappa shape index (κ3) is 2.63. The second-order valence-electron chi connectivity index (χ2n) is 3.56. The summed E-state index contributed by atoms with van der Waals surface area (Å²) in [7, 11) is 0. The highest BCUT2D eigenvalue weighted by atomic mass is 16.3. The van der Waals surface area contributed by atoms with Gasteiger partial charge in [0, 0.05) is 0 Å². The molecule has 1 amide bonds. The Hall–Kier alpha value is -2.31. The minimum Gasteiger partial charge on any atom is -0.467 e. The van der Waals surface area contributed by atoms with E-state index in [1.165, 1.54) is 11.0 Å². The van der Waals surface area contributed by atoms with Gasteiger partial charge in [-0.05, 0) is 19.1 Å². The molecule has 0 aromatic carbocycles. The molecule has 7 nitrogen and oxygen atoms in total. The van der Waals surface area contributed by atoms with Gasteiger partial charge in [0.15, 0.2) is 0 Å². The van der Waals surface area contributed by atoms with Crippen molar-refractivity contribution in [2.75, 3.05) is 5.73 Å². The summed E-state index contributed by atoms with van der Waals surface area (Å²) in [6.45, 7) is 2.06. The topological polar surface area (TPSA) is 99.0 Å². The zero-order chi connectivity index (χ0) is 12.3. The average molecular weight is 235 g/mol. The largest absolute Gasteiger partial charge is 0.467 e. The Labute approximate surface area is 97.6 Å². The maximum Gasteiger partial charge on any atom is 0.245 e. The minimum absolute atomic E-state index is 0.149.